The van der Waals surface area contributed by atoms with Gasteiger partial charge in [0.05, 0.1) is 6.04 Å². The summed E-state index contributed by atoms with van der Waals surface area (Å²) >= 11 is 1.74. The van der Waals surface area contributed by atoms with Crippen molar-refractivity contribution in [3.63, 3.8) is 0 Å². The van der Waals surface area contributed by atoms with Gasteiger partial charge in [0.1, 0.15) is 11.6 Å². The van der Waals surface area contributed by atoms with Gasteiger partial charge in [0.25, 0.3) is 0 Å². The van der Waals surface area contributed by atoms with E-state index in [1.165, 1.54) is 18.4 Å². The minimum Gasteiger partial charge on any atom is -0.314 e. The molecule has 1 aliphatic heterocycles. The Hall–Kier alpha value is -1.20. The maximum atomic E-state index is 4.35. The molecule has 0 saturated heterocycles. The van der Waals surface area contributed by atoms with Crippen LogP contribution in [0, 0.1) is 0 Å². The molecule has 96 valence electrons. The summed E-state index contributed by atoms with van der Waals surface area (Å²) in [4.78, 5) is 0. The molecule has 0 amide bonds. The predicted molar refractivity (Wildman–Crippen MR) is 72.5 cm³/mol. The number of nitrogens with zero attached hydrogens (tertiary/aromatic N) is 3. The van der Waals surface area contributed by atoms with E-state index >= 15 is 0 Å². The molecule has 3 rings (SSSR count). The molecule has 0 radical (unpaired) electrons. The molecule has 0 fully saturated rings. The second-order valence-electron chi connectivity index (χ2n) is 4.82. The van der Waals surface area contributed by atoms with Crippen LogP contribution >= 0.6 is 11.3 Å². The molecule has 4 nitrogen and oxygen atoms in total. The zero-order valence-electron chi connectivity index (χ0n) is 10.6. The second-order valence-corrected chi connectivity index (χ2v) is 5.60. The van der Waals surface area contributed by atoms with Gasteiger partial charge in [-0.25, -0.2) is 0 Å². The molecule has 0 aromatic carbocycles. The fourth-order valence-corrected chi connectivity index (χ4v) is 3.08. The highest BCUT2D eigenvalue weighted by atomic mass is 32.1. The van der Waals surface area contributed by atoms with Crippen LogP contribution in [0.25, 0.3) is 0 Å². The van der Waals surface area contributed by atoms with Crippen LogP contribution < -0.4 is 5.32 Å². The minimum atomic E-state index is 0.254. The van der Waals surface area contributed by atoms with Crippen LogP contribution in [0.4, 0.5) is 0 Å². The molecule has 1 atom stereocenters. The smallest absolute Gasteiger partial charge is 0.149 e. The molecule has 0 spiro atoms. The first-order chi connectivity index (χ1) is 8.84. The fraction of sp³-hybridized carbons (Fsp3) is 0.538. The highest BCUT2D eigenvalue weighted by Gasteiger charge is 2.19. The van der Waals surface area contributed by atoms with E-state index in [4.69, 9.17) is 0 Å². The van der Waals surface area contributed by atoms with Crippen molar-refractivity contribution >= 4 is 11.3 Å². The SMILES string of the molecule is C[C@H](NCc1ccsc1)c1nnc2n1CCCC2. The summed E-state index contributed by atoms with van der Waals surface area (Å²) in [6.07, 6.45) is 3.56. The Morgan fingerprint density at radius 1 is 1.44 bits per heavy atom. The molecule has 0 unspecified atom stereocenters. The van der Waals surface area contributed by atoms with Crippen molar-refractivity contribution in [2.75, 3.05) is 0 Å². The van der Waals surface area contributed by atoms with Crippen molar-refractivity contribution < 1.29 is 0 Å². The summed E-state index contributed by atoms with van der Waals surface area (Å²) < 4.78 is 2.29. The molecule has 0 bridgehead atoms. The first-order valence-corrected chi connectivity index (χ1v) is 7.45. The number of rotatable bonds is 4. The molecule has 2 aromatic rings. The molecular weight excluding hydrogens is 244 g/mol. The van der Waals surface area contributed by atoms with E-state index in [0.29, 0.717) is 0 Å². The van der Waals surface area contributed by atoms with Gasteiger partial charge in [0.2, 0.25) is 0 Å². The van der Waals surface area contributed by atoms with E-state index in [1.807, 2.05) is 0 Å². The van der Waals surface area contributed by atoms with Crippen molar-refractivity contribution in [3.05, 3.63) is 34.0 Å². The lowest BCUT2D eigenvalue weighted by atomic mass is 10.1. The molecule has 1 aliphatic rings. The standard InChI is InChI=1S/C13H18N4S/c1-10(14-8-11-5-7-18-9-11)13-16-15-12-4-2-3-6-17(12)13/h5,7,9-10,14H,2-4,6,8H2,1H3/t10-/m0/s1. The van der Waals surface area contributed by atoms with Crippen molar-refractivity contribution in [3.8, 4) is 0 Å². The first kappa shape index (κ1) is 11.9. The quantitative estimate of drug-likeness (QED) is 0.920. The van der Waals surface area contributed by atoms with Gasteiger partial charge in [0.15, 0.2) is 0 Å². The monoisotopic (exact) mass is 262 g/mol. The highest BCUT2D eigenvalue weighted by molar-refractivity contribution is 7.07. The summed E-state index contributed by atoms with van der Waals surface area (Å²) in [5, 5.41) is 16.5. The summed E-state index contributed by atoms with van der Waals surface area (Å²) in [5.74, 6) is 2.24. The average Bonchev–Trinajstić information content (AvgIpc) is 3.05. The highest BCUT2D eigenvalue weighted by Crippen LogP contribution is 2.19. The van der Waals surface area contributed by atoms with Crippen molar-refractivity contribution in [1.29, 1.82) is 0 Å². The predicted octanol–water partition coefficient (Wildman–Crippen LogP) is 2.53. The van der Waals surface area contributed by atoms with Crippen LogP contribution in [-0.2, 0) is 19.5 Å². The Balaban J connectivity index is 1.68. The zero-order chi connectivity index (χ0) is 12.4. The summed E-state index contributed by atoms with van der Waals surface area (Å²) in [6, 6.07) is 2.41. The van der Waals surface area contributed by atoms with Crippen molar-refractivity contribution in [2.45, 2.75) is 45.3 Å². The fourth-order valence-electron chi connectivity index (χ4n) is 2.41. The van der Waals surface area contributed by atoms with Crippen molar-refractivity contribution in [2.24, 2.45) is 0 Å². The topological polar surface area (TPSA) is 42.7 Å². The Morgan fingerprint density at radius 3 is 3.22 bits per heavy atom. The third-order valence-electron chi connectivity index (χ3n) is 3.47. The van der Waals surface area contributed by atoms with E-state index in [9.17, 15) is 0 Å². The molecule has 5 heteroatoms. The van der Waals surface area contributed by atoms with Gasteiger partial charge in [-0.05, 0) is 42.2 Å². The lowest BCUT2D eigenvalue weighted by molar-refractivity contribution is 0.465. The number of hydrogen-bond acceptors (Lipinski definition) is 4. The molecule has 3 heterocycles. The van der Waals surface area contributed by atoms with Crippen LogP contribution in [-0.4, -0.2) is 14.8 Å². The van der Waals surface area contributed by atoms with Gasteiger partial charge < -0.3 is 9.88 Å². The average molecular weight is 262 g/mol. The van der Waals surface area contributed by atoms with Gasteiger partial charge in [0, 0.05) is 19.5 Å². The third-order valence-corrected chi connectivity index (χ3v) is 4.20. The number of nitrogens with one attached hydrogen (secondary N) is 1. The first-order valence-electron chi connectivity index (χ1n) is 6.51. The van der Waals surface area contributed by atoms with Gasteiger partial charge >= 0.3 is 0 Å². The van der Waals surface area contributed by atoms with Crippen LogP contribution in [0.2, 0.25) is 0 Å². The normalized spacial score (nSPS) is 16.5. The van der Waals surface area contributed by atoms with Crippen molar-refractivity contribution in [1.82, 2.24) is 20.1 Å². The van der Waals surface area contributed by atoms with Gasteiger partial charge in [-0.15, -0.1) is 10.2 Å². The largest absolute Gasteiger partial charge is 0.314 e. The van der Waals surface area contributed by atoms with Crippen LogP contribution in [0.5, 0.6) is 0 Å². The Labute approximate surface area is 111 Å². The van der Waals surface area contributed by atoms with E-state index in [2.05, 4.69) is 43.8 Å². The summed E-state index contributed by atoms with van der Waals surface area (Å²) in [7, 11) is 0. The molecule has 2 aromatic heterocycles. The Kier molecular flexibility index (Phi) is 3.43. The number of thiophene rings is 1. The number of hydrogen-bond donors (Lipinski definition) is 1. The maximum Gasteiger partial charge on any atom is 0.149 e. The van der Waals surface area contributed by atoms with Gasteiger partial charge in [-0.3, -0.25) is 0 Å². The Bertz CT molecular complexity index is 503. The lowest BCUT2D eigenvalue weighted by Gasteiger charge is -2.18. The third kappa shape index (κ3) is 2.33. The lowest BCUT2D eigenvalue weighted by Crippen LogP contribution is -2.23. The van der Waals surface area contributed by atoms with Crippen LogP contribution in [0.15, 0.2) is 16.8 Å². The van der Waals surface area contributed by atoms with E-state index in [0.717, 1.165) is 31.2 Å². The maximum absolute atomic E-state index is 4.35. The molecular formula is C13H18N4S. The molecule has 0 saturated carbocycles. The minimum absolute atomic E-state index is 0.254. The van der Waals surface area contributed by atoms with Gasteiger partial charge in [-0.2, -0.15) is 11.3 Å². The van der Waals surface area contributed by atoms with Crippen LogP contribution in [0.3, 0.4) is 0 Å². The number of aryl methyl sites for hydroxylation is 1. The molecule has 1 N–H and O–H groups in total. The molecule has 0 aliphatic carbocycles. The van der Waals surface area contributed by atoms with Gasteiger partial charge in [-0.1, -0.05) is 0 Å². The Morgan fingerprint density at radius 2 is 2.39 bits per heavy atom. The number of aromatic nitrogens is 3. The summed E-state index contributed by atoms with van der Waals surface area (Å²) in [6.45, 7) is 4.13. The molecule has 18 heavy (non-hydrogen) atoms. The van der Waals surface area contributed by atoms with E-state index in [-0.39, 0.29) is 6.04 Å². The van der Waals surface area contributed by atoms with E-state index < -0.39 is 0 Å². The van der Waals surface area contributed by atoms with Crippen LogP contribution in [0.1, 0.15) is 43.0 Å². The number of fused-ring (bicyclic) bond motifs is 1. The zero-order valence-corrected chi connectivity index (χ0v) is 11.4. The summed E-state index contributed by atoms with van der Waals surface area (Å²) in [5.41, 5.74) is 1.34. The van der Waals surface area contributed by atoms with E-state index in [1.54, 1.807) is 11.3 Å². The second kappa shape index (κ2) is 5.20.